The van der Waals surface area contributed by atoms with E-state index in [1.54, 1.807) is 4.90 Å². The Morgan fingerprint density at radius 3 is 2.53 bits per heavy atom. The summed E-state index contributed by atoms with van der Waals surface area (Å²) in [6.07, 6.45) is 3.05. The lowest BCUT2D eigenvalue weighted by Crippen LogP contribution is -3.10. The highest BCUT2D eigenvalue weighted by atomic mass is 16.1. The average Bonchev–Trinajstić information content (AvgIpc) is 2.43. The van der Waals surface area contributed by atoms with E-state index in [-0.39, 0.29) is 11.8 Å². The Balaban J connectivity index is 1.94. The first-order valence-corrected chi connectivity index (χ1v) is 7.37. The molecule has 0 aromatic heterocycles. The lowest BCUT2D eigenvalue weighted by molar-refractivity contribution is -0.884. The topological polar surface area (TPSA) is 33.5 Å². The van der Waals surface area contributed by atoms with Gasteiger partial charge in [0.05, 0.1) is 26.1 Å². The van der Waals surface area contributed by atoms with Crippen LogP contribution >= 0.6 is 0 Å². The van der Waals surface area contributed by atoms with Gasteiger partial charge >= 0.3 is 0 Å². The van der Waals surface area contributed by atoms with Gasteiger partial charge in [-0.3, -0.25) is 4.79 Å². The number of amides is 1. The third-order valence-electron chi connectivity index (χ3n) is 4.11. The maximum absolute atomic E-state index is 12.4. The summed E-state index contributed by atoms with van der Waals surface area (Å²) in [6, 6.07) is 10.5. The molecule has 3 nitrogen and oxygen atoms in total. The van der Waals surface area contributed by atoms with E-state index in [2.05, 4.69) is 19.3 Å². The molecule has 0 aliphatic carbocycles. The molecule has 104 valence electrons. The molecular formula is C16H25N2O+. The van der Waals surface area contributed by atoms with Crippen LogP contribution in [-0.2, 0) is 4.79 Å². The Labute approximate surface area is 116 Å². The molecule has 1 heterocycles. The molecule has 1 atom stereocenters. The predicted octanol–water partition coefficient (Wildman–Crippen LogP) is 0.974. The second kappa shape index (κ2) is 6.71. The Hall–Kier alpha value is -1.35. The fourth-order valence-electron chi connectivity index (χ4n) is 2.81. The van der Waals surface area contributed by atoms with Crippen LogP contribution in [0.5, 0.6) is 0 Å². The van der Waals surface area contributed by atoms with Gasteiger partial charge in [-0.2, -0.15) is 0 Å². The highest BCUT2D eigenvalue weighted by Crippen LogP contribution is 2.19. The van der Waals surface area contributed by atoms with Crippen molar-refractivity contribution >= 4 is 5.91 Å². The van der Waals surface area contributed by atoms with Crippen LogP contribution in [0.2, 0.25) is 0 Å². The molecule has 1 aliphatic heterocycles. The molecule has 2 rings (SSSR count). The molecular weight excluding hydrogens is 236 g/mol. The number of quaternary nitrogens is 1. The fraction of sp³-hybridized carbons (Fsp3) is 0.562. The third-order valence-corrected chi connectivity index (χ3v) is 4.11. The number of benzene rings is 1. The van der Waals surface area contributed by atoms with E-state index in [4.69, 9.17) is 0 Å². The highest BCUT2D eigenvalue weighted by Gasteiger charge is 2.24. The van der Waals surface area contributed by atoms with Crippen molar-refractivity contribution in [3.63, 3.8) is 0 Å². The standard InChI is InChI=1S/C16H24N2O/c1-3-15(13-7-5-4-6-8-13)16(19)17-14-9-11-18(2)12-10-14/h4-8,14-15H,3,9-12H2,1-2H3,(H,17,19)/p+1/t15-/m0/s1. The van der Waals surface area contributed by atoms with Gasteiger partial charge < -0.3 is 10.2 Å². The smallest absolute Gasteiger partial charge is 0.227 e. The van der Waals surface area contributed by atoms with Crippen molar-refractivity contribution in [2.45, 2.75) is 38.1 Å². The minimum absolute atomic E-state index is 0.00629. The molecule has 1 saturated heterocycles. The first-order chi connectivity index (χ1) is 9.20. The molecule has 1 aromatic carbocycles. The van der Waals surface area contributed by atoms with Crippen LogP contribution in [-0.4, -0.2) is 32.1 Å². The van der Waals surface area contributed by atoms with E-state index < -0.39 is 0 Å². The van der Waals surface area contributed by atoms with Gasteiger partial charge in [0.15, 0.2) is 0 Å². The number of nitrogens with one attached hydrogen (secondary N) is 2. The number of hydrogen-bond acceptors (Lipinski definition) is 1. The zero-order valence-corrected chi connectivity index (χ0v) is 12.0. The van der Waals surface area contributed by atoms with Crippen LogP contribution in [0, 0.1) is 0 Å². The van der Waals surface area contributed by atoms with Crippen LogP contribution in [0.3, 0.4) is 0 Å². The van der Waals surface area contributed by atoms with Gasteiger partial charge in [-0.15, -0.1) is 0 Å². The molecule has 1 aliphatic rings. The summed E-state index contributed by atoms with van der Waals surface area (Å²) in [5, 5.41) is 3.24. The quantitative estimate of drug-likeness (QED) is 0.832. The molecule has 1 amide bonds. The van der Waals surface area contributed by atoms with Crippen molar-refractivity contribution < 1.29 is 9.69 Å². The van der Waals surface area contributed by atoms with Gasteiger partial charge in [0.2, 0.25) is 5.91 Å². The summed E-state index contributed by atoms with van der Waals surface area (Å²) in [5.74, 6) is 0.187. The van der Waals surface area contributed by atoms with Gasteiger partial charge in [0.1, 0.15) is 0 Å². The monoisotopic (exact) mass is 261 g/mol. The highest BCUT2D eigenvalue weighted by molar-refractivity contribution is 5.83. The molecule has 0 saturated carbocycles. The van der Waals surface area contributed by atoms with Crippen LogP contribution in [0.1, 0.15) is 37.7 Å². The van der Waals surface area contributed by atoms with Crippen molar-refractivity contribution in [2.24, 2.45) is 0 Å². The first kappa shape index (κ1) is 14.1. The summed E-state index contributed by atoms with van der Waals surface area (Å²) < 4.78 is 0. The van der Waals surface area contributed by atoms with Crippen molar-refractivity contribution in [3.8, 4) is 0 Å². The summed E-state index contributed by atoms with van der Waals surface area (Å²) in [6.45, 7) is 4.40. The van der Waals surface area contributed by atoms with Crippen LogP contribution in [0.25, 0.3) is 0 Å². The van der Waals surface area contributed by atoms with E-state index in [0.29, 0.717) is 6.04 Å². The number of piperidine rings is 1. The molecule has 0 spiro atoms. The molecule has 0 bridgehead atoms. The Morgan fingerprint density at radius 1 is 1.32 bits per heavy atom. The summed E-state index contributed by atoms with van der Waals surface area (Å²) in [5.41, 5.74) is 1.13. The largest absolute Gasteiger partial charge is 0.352 e. The minimum Gasteiger partial charge on any atom is -0.352 e. The molecule has 1 fully saturated rings. The zero-order chi connectivity index (χ0) is 13.7. The Kier molecular flexibility index (Phi) is 4.97. The molecule has 19 heavy (non-hydrogen) atoms. The summed E-state index contributed by atoms with van der Waals surface area (Å²) in [7, 11) is 2.22. The van der Waals surface area contributed by atoms with E-state index in [1.807, 2.05) is 30.3 Å². The average molecular weight is 261 g/mol. The minimum atomic E-state index is -0.00629. The second-order valence-corrected chi connectivity index (χ2v) is 5.61. The fourth-order valence-corrected chi connectivity index (χ4v) is 2.81. The van der Waals surface area contributed by atoms with Crippen LogP contribution < -0.4 is 10.2 Å². The summed E-state index contributed by atoms with van der Waals surface area (Å²) in [4.78, 5) is 14.0. The molecule has 0 unspecified atom stereocenters. The van der Waals surface area contributed by atoms with E-state index in [1.165, 1.54) is 0 Å². The molecule has 3 heteroatoms. The van der Waals surface area contributed by atoms with E-state index in [9.17, 15) is 4.79 Å². The maximum atomic E-state index is 12.4. The number of carbonyl (C=O) groups excluding carboxylic acids is 1. The van der Waals surface area contributed by atoms with Crippen molar-refractivity contribution in [1.29, 1.82) is 0 Å². The normalized spacial score (nSPS) is 24.7. The van der Waals surface area contributed by atoms with Gasteiger partial charge in [-0.05, 0) is 12.0 Å². The van der Waals surface area contributed by atoms with Gasteiger partial charge in [0.25, 0.3) is 0 Å². The molecule has 2 N–H and O–H groups in total. The lowest BCUT2D eigenvalue weighted by atomic mass is 9.94. The lowest BCUT2D eigenvalue weighted by Gasteiger charge is -2.28. The van der Waals surface area contributed by atoms with Gasteiger partial charge in [-0.25, -0.2) is 0 Å². The number of hydrogen-bond donors (Lipinski definition) is 2. The van der Waals surface area contributed by atoms with Crippen molar-refractivity contribution in [3.05, 3.63) is 35.9 Å². The number of likely N-dealkylation sites (tertiary alicyclic amines) is 1. The number of rotatable bonds is 4. The van der Waals surface area contributed by atoms with Gasteiger partial charge in [0, 0.05) is 18.9 Å². The number of carbonyl (C=O) groups is 1. The maximum Gasteiger partial charge on any atom is 0.227 e. The predicted molar refractivity (Wildman–Crippen MR) is 77.3 cm³/mol. The van der Waals surface area contributed by atoms with Gasteiger partial charge in [-0.1, -0.05) is 37.3 Å². The SMILES string of the molecule is CC[C@H](C(=O)NC1CC[NH+](C)CC1)c1ccccc1. The van der Waals surface area contributed by atoms with E-state index in [0.717, 1.165) is 37.9 Å². The van der Waals surface area contributed by atoms with Crippen molar-refractivity contribution in [1.82, 2.24) is 5.32 Å². The van der Waals surface area contributed by atoms with Crippen LogP contribution in [0.15, 0.2) is 30.3 Å². The zero-order valence-electron chi connectivity index (χ0n) is 12.0. The Morgan fingerprint density at radius 2 is 1.95 bits per heavy atom. The van der Waals surface area contributed by atoms with E-state index >= 15 is 0 Å². The summed E-state index contributed by atoms with van der Waals surface area (Å²) >= 11 is 0. The molecule has 0 radical (unpaired) electrons. The molecule has 1 aromatic rings. The van der Waals surface area contributed by atoms with Crippen molar-refractivity contribution in [2.75, 3.05) is 20.1 Å². The van der Waals surface area contributed by atoms with Crippen LogP contribution in [0.4, 0.5) is 0 Å². The Bertz CT molecular complexity index is 396. The second-order valence-electron chi connectivity index (χ2n) is 5.61. The third kappa shape index (κ3) is 3.80. The first-order valence-electron chi connectivity index (χ1n) is 7.37.